The van der Waals surface area contributed by atoms with E-state index in [0.717, 1.165) is 11.8 Å². The van der Waals surface area contributed by atoms with Gasteiger partial charge >= 0.3 is 5.97 Å². The highest BCUT2D eigenvalue weighted by molar-refractivity contribution is 8.13. The normalized spacial score (nSPS) is 14.0. The molecule has 0 bridgehead atoms. The Bertz CT molecular complexity index is 684. The molecule has 0 saturated carbocycles. The van der Waals surface area contributed by atoms with Crippen molar-refractivity contribution in [3.8, 4) is 0 Å². The topological polar surface area (TPSA) is 124 Å². The van der Waals surface area contributed by atoms with Crippen molar-refractivity contribution >= 4 is 33.7 Å². The molecule has 0 amide bonds. The van der Waals surface area contributed by atoms with E-state index in [4.69, 9.17) is 5.11 Å². The van der Waals surface area contributed by atoms with Crippen molar-refractivity contribution < 1.29 is 24.9 Å². The molecule has 0 radical (unpaired) electrons. The number of aliphatic hydroxyl groups excluding tert-OH is 2. The van der Waals surface area contributed by atoms with E-state index >= 15 is 0 Å². The predicted molar refractivity (Wildman–Crippen MR) is 77.2 cm³/mol. The number of carbonyl (C=O) groups excluding carboxylic acids is 1. The Balaban J connectivity index is 2.26. The smallest absolute Gasteiger partial charge is 0.357 e. The van der Waals surface area contributed by atoms with Crippen molar-refractivity contribution in [2.45, 2.75) is 19.1 Å². The van der Waals surface area contributed by atoms with Gasteiger partial charge in [-0.15, -0.1) is 0 Å². The van der Waals surface area contributed by atoms with E-state index < -0.39 is 18.2 Å². The molecule has 4 N–H and O–H groups in total. The second-order valence-electron chi connectivity index (χ2n) is 4.50. The third kappa shape index (κ3) is 3.41. The summed E-state index contributed by atoms with van der Waals surface area (Å²) in [6, 6.07) is 4.62. The van der Waals surface area contributed by atoms with Crippen LogP contribution in [0.4, 0.5) is 0 Å². The first-order chi connectivity index (χ1) is 9.90. The maximum Gasteiger partial charge on any atom is 0.357 e. The first-order valence-electron chi connectivity index (χ1n) is 6.11. The van der Waals surface area contributed by atoms with Crippen molar-refractivity contribution in [2.75, 3.05) is 5.75 Å². The number of nitrogens with one attached hydrogen (secondary N) is 1. The zero-order valence-electron chi connectivity index (χ0n) is 11.1. The Hall–Kier alpha value is -1.90. The number of hydrogen-bond donors (Lipinski definition) is 4. The van der Waals surface area contributed by atoms with Crippen LogP contribution < -0.4 is 0 Å². The van der Waals surface area contributed by atoms with Crippen LogP contribution in [-0.4, -0.2) is 48.5 Å². The monoisotopic (exact) mass is 310 g/mol. The first kappa shape index (κ1) is 15.5. The number of aromatic nitrogens is 2. The van der Waals surface area contributed by atoms with E-state index in [1.54, 1.807) is 12.1 Å². The molecule has 112 valence electrons. The van der Waals surface area contributed by atoms with Gasteiger partial charge in [-0.1, -0.05) is 17.8 Å². The number of aromatic amines is 1. The van der Waals surface area contributed by atoms with Crippen LogP contribution >= 0.6 is 11.8 Å². The molecule has 2 atom stereocenters. The van der Waals surface area contributed by atoms with Crippen LogP contribution in [0, 0.1) is 0 Å². The number of aromatic carboxylic acids is 1. The van der Waals surface area contributed by atoms with Crippen LogP contribution in [0.1, 0.15) is 29.1 Å². The van der Waals surface area contributed by atoms with Gasteiger partial charge in [-0.3, -0.25) is 9.89 Å². The second kappa shape index (κ2) is 6.25. The van der Waals surface area contributed by atoms with Gasteiger partial charge in [0.1, 0.15) is 6.10 Å². The highest BCUT2D eigenvalue weighted by Gasteiger charge is 2.21. The van der Waals surface area contributed by atoms with Crippen LogP contribution in [0.3, 0.4) is 0 Å². The van der Waals surface area contributed by atoms with Crippen LogP contribution in [0.15, 0.2) is 18.2 Å². The van der Waals surface area contributed by atoms with E-state index in [-0.39, 0.29) is 16.6 Å². The van der Waals surface area contributed by atoms with Crippen molar-refractivity contribution in [2.24, 2.45) is 0 Å². The number of nitrogens with zero attached hydrogens (tertiary/aromatic N) is 1. The van der Waals surface area contributed by atoms with E-state index in [2.05, 4.69) is 10.2 Å². The minimum Gasteiger partial charge on any atom is -0.476 e. The number of H-pyrrole nitrogens is 1. The average Bonchev–Trinajstić information content (AvgIpc) is 2.86. The average molecular weight is 310 g/mol. The van der Waals surface area contributed by atoms with Gasteiger partial charge in [0, 0.05) is 18.1 Å². The highest BCUT2D eigenvalue weighted by atomic mass is 32.2. The molecule has 0 aliphatic heterocycles. The number of benzene rings is 1. The number of carboxylic acids is 1. The maximum atomic E-state index is 11.0. The molecule has 7 nitrogen and oxygen atoms in total. The van der Waals surface area contributed by atoms with Crippen molar-refractivity contribution in [3.05, 3.63) is 29.5 Å². The van der Waals surface area contributed by atoms with Gasteiger partial charge in [-0.25, -0.2) is 4.79 Å². The minimum absolute atomic E-state index is 0.0612. The zero-order valence-corrected chi connectivity index (χ0v) is 11.9. The molecular formula is C13H14N2O5S. The number of aliphatic hydroxyl groups is 2. The Morgan fingerprint density at radius 1 is 1.38 bits per heavy atom. The molecule has 0 spiro atoms. The van der Waals surface area contributed by atoms with Gasteiger partial charge in [-0.05, 0) is 17.7 Å². The molecule has 2 aromatic rings. The lowest BCUT2D eigenvalue weighted by Gasteiger charge is -2.17. The number of hydrogen-bond acceptors (Lipinski definition) is 6. The molecule has 0 fully saturated rings. The number of fused-ring (bicyclic) bond motifs is 1. The van der Waals surface area contributed by atoms with Gasteiger partial charge < -0.3 is 15.3 Å². The number of rotatable bonds is 5. The van der Waals surface area contributed by atoms with Crippen molar-refractivity contribution in [3.63, 3.8) is 0 Å². The third-order valence-corrected chi connectivity index (χ3v) is 3.87. The fourth-order valence-corrected chi connectivity index (χ4v) is 2.48. The van der Waals surface area contributed by atoms with Gasteiger partial charge in [-0.2, -0.15) is 5.10 Å². The van der Waals surface area contributed by atoms with E-state index in [0.29, 0.717) is 16.5 Å². The zero-order chi connectivity index (χ0) is 15.6. The maximum absolute atomic E-state index is 11.0. The van der Waals surface area contributed by atoms with Crippen LogP contribution in [0.25, 0.3) is 10.9 Å². The quantitative estimate of drug-likeness (QED) is 0.647. The van der Waals surface area contributed by atoms with Crippen LogP contribution in [-0.2, 0) is 4.79 Å². The molecule has 8 heteroatoms. The molecule has 21 heavy (non-hydrogen) atoms. The fourth-order valence-electron chi connectivity index (χ4n) is 1.89. The summed E-state index contributed by atoms with van der Waals surface area (Å²) in [7, 11) is 0. The third-order valence-electron chi connectivity index (χ3n) is 2.95. The number of thioether (sulfide) groups is 1. The largest absolute Gasteiger partial charge is 0.476 e. The first-order valence-corrected chi connectivity index (χ1v) is 7.09. The lowest BCUT2D eigenvalue weighted by molar-refractivity contribution is -0.109. The Labute approximate surface area is 124 Å². The molecule has 1 aromatic heterocycles. The standard InChI is InChI=1S/C13H14N2O5S/c1-6(16)21-5-10(17)12(18)7-2-3-9-8(4-7)11(13(19)20)15-14-9/h2-4,10,12,17-18H,5H2,1H3,(H,14,15)(H,19,20). The summed E-state index contributed by atoms with van der Waals surface area (Å²) in [5.74, 6) is -1.12. The molecule has 0 saturated heterocycles. The Kier molecular flexibility index (Phi) is 4.61. The summed E-state index contributed by atoms with van der Waals surface area (Å²) in [4.78, 5) is 21.9. The van der Waals surface area contributed by atoms with Gasteiger partial charge in [0.25, 0.3) is 0 Å². The molecule has 2 unspecified atom stereocenters. The molecule has 0 aliphatic carbocycles. The van der Waals surface area contributed by atoms with E-state index in [1.807, 2.05) is 0 Å². The Morgan fingerprint density at radius 2 is 2.10 bits per heavy atom. The summed E-state index contributed by atoms with van der Waals surface area (Å²) in [6.45, 7) is 1.38. The predicted octanol–water partition coefficient (Wildman–Crippen LogP) is 0.935. The van der Waals surface area contributed by atoms with Gasteiger partial charge in [0.05, 0.1) is 11.6 Å². The van der Waals surface area contributed by atoms with Gasteiger partial charge in [0.2, 0.25) is 0 Å². The van der Waals surface area contributed by atoms with Crippen LogP contribution in [0.5, 0.6) is 0 Å². The van der Waals surface area contributed by atoms with E-state index in [1.165, 1.54) is 13.0 Å². The minimum atomic E-state index is -1.21. The lowest BCUT2D eigenvalue weighted by atomic mass is 10.0. The lowest BCUT2D eigenvalue weighted by Crippen LogP contribution is -2.21. The van der Waals surface area contributed by atoms with E-state index in [9.17, 15) is 19.8 Å². The van der Waals surface area contributed by atoms with Crippen molar-refractivity contribution in [1.82, 2.24) is 10.2 Å². The molecule has 1 aromatic carbocycles. The molecule has 2 rings (SSSR count). The molecular weight excluding hydrogens is 296 g/mol. The summed E-state index contributed by atoms with van der Waals surface area (Å²) in [5.41, 5.74) is 0.741. The number of carboxylic acid groups (broad SMARTS) is 1. The Morgan fingerprint density at radius 3 is 2.71 bits per heavy atom. The fraction of sp³-hybridized carbons (Fsp3) is 0.308. The van der Waals surface area contributed by atoms with Crippen LogP contribution in [0.2, 0.25) is 0 Å². The molecule has 1 heterocycles. The second-order valence-corrected chi connectivity index (χ2v) is 5.69. The summed E-state index contributed by atoms with van der Waals surface area (Å²) < 4.78 is 0. The summed E-state index contributed by atoms with van der Waals surface area (Å²) in [6.07, 6.45) is -2.34. The molecule has 0 aliphatic rings. The van der Waals surface area contributed by atoms with Gasteiger partial charge in [0.15, 0.2) is 10.8 Å². The summed E-state index contributed by atoms with van der Waals surface area (Å²) >= 11 is 0.914. The summed E-state index contributed by atoms with van der Waals surface area (Å²) in [5, 5.41) is 35.4. The number of carbonyl (C=O) groups is 2. The highest BCUT2D eigenvalue weighted by Crippen LogP contribution is 2.25. The van der Waals surface area contributed by atoms with Crippen molar-refractivity contribution in [1.29, 1.82) is 0 Å². The SMILES string of the molecule is CC(=O)SCC(O)C(O)c1ccc2[nH]nc(C(=O)O)c2c1.